The Morgan fingerprint density at radius 2 is 2.15 bits per heavy atom. The molecular weight excluding hydrogens is 281 g/mol. The SMILES string of the molecule is COc1cc(C(C)=O)c(N)cc1I. The summed E-state index contributed by atoms with van der Waals surface area (Å²) in [5.74, 6) is 0.632. The molecule has 0 fully saturated rings. The minimum Gasteiger partial charge on any atom is -0.496 e. The summed E-state index contributed by atoms with van der Waals surface area (Å²) in [6.07, 6.45) is 0. The topological polar surface area (TPSA) is 52.3 Å². The van der Waals surface area contributed by atoms with E-state index in [4.69, 9.17) is 10.5 Å². The smallest absolute Gasteiger partial charge is 0.162 e. The number of anilines is 1. The number of carbonyl (C=O) groups is 1. The molecule has 0 saturated carbocycles. The van der Waals surface area contributed by atoms with Gasteiger partial charge in [0.2, 0.25) is 0 Å². The van der Waals surface area contributed by atoms with Crippen LogP contribution < -0.4 is 10.5 Å². The Balaban J connectivity index is 3.30. The van der Waals surface area contributed by atoms with E-state index < -0.39 is 0 Å². The van der Waals surface area contributed by atoms with E-state index in [0.717, 1.165) is 3.57 Å². The molecule has 0 unspecified atom stereocenters. The second-order valence-corrected chi connectivity index (χ2v) is 3.79. The third kappa shape index (κ3) is 2.12. The normalized spacial score (nSPS) is 9.77. The van der Waals surface area contributed by atoms with Gasteiger partial charge in [-0.1, -0.05) is 0 Å². The van der Waals surface area contributed by atoms with Gasteiger partial charge in [-0.3, -0.25) is 4.79 Å². The van der Waals surface area contributed by atoms with Crippen LogP contribution in [0.4, 0.5) is 5.69 Å². The molecule has 0 heterocycles. The van der Waals surface area contributed by atoms with Crippen LogP contribution in [-0.4, -0.2) is 12.9 Å². The molecule has 4 heteroatoms. The Hall–Kier alpha value is -0.780. The van der Waals surface area contributed by atoms with Crippen LogP contribution >= 0.6 is 22.6 Å². The fourth-order valence-electron chi connectivity index (χ4n) is 1.03. The molecule has 0 aliphatic rings. The lowest BCUT2D eigenvalue weighted by molar-refractivity contribution is 0.101. The first-order valence-corrected chi connectivity index (χ1v) is 4.78. The van der Waals surface area contributed by atoms with Gasteiger partial charge in [0.1, 0.15) is 5.75 Å². The molecule has 1 aromatic carbocycles. The first kappa shape index (κ1) is 10.3. The second-order valence-electron chi connectivity index (χ2n) is 2.63. The number of benzene rings is 1. The van der Waals surface area contributed by atoms with Gasteiger partial charge in [0.05, 0.1) is 10.7 Å². The Labute approximate surface area is 90.4 Å². The van der Waals surface area contributed by atoms with Gasteiger partial charge in [-0.25, -0.2) is 0 Å². The molecule has 0 amide bonds. The predicted molar refractivity (Wildman–Crippen MR) is 60.1 cm³/mol. The maximum absolute atomic E-state index is 11.1. The van der Waals surface area contributed by atoms with Gasteiger partial charge in [-0.2, -0.15) is 0 Å². The molecule has 0 spiro atoms. The van der Waals surface area contributed by atoms with Gasteiger partial charge in [0.15, 0.2) is 5.78 Å². The van der Waals surface area contributed by atoms with Gasteiger partial charge >= 0.3 is 0 Å². The maximum atomic E-state index is 11.1. The van der Waals surface area contributed by atoms with Crippen LogP contribution in [-0.2, 0) is 0 Å². The number of nitrogens with two attached hydrogens (primary N) is 1. The number of Topliss-reactive ketones (excluding diaryl/α,β-unsaturated/α-hetero) is 1. The average molecular weight is 291 g/mol. The Bertz CT molecular complexity index is 350. The summed E-state index contributed by atoms with van der Waals surface area (Å²) in [6.45, 7) is 1.48. The standard InChI is InChI=1S/C9H10INO2/c1-5(12)6-3-9(13-2)7(10)4-8(6)11/h3-4H,11H2,1-2H3. The second kappa shape index (κ2) is 3.95. The highest BCUT2D eigenvalue weighted by Crippen LogP contribution is 2.26. The van der Waals surface area contributed by atoms with Crippen molar-refractivity contribution in [3.63, 3.8) is 0 Å². The summed E-state index contributed by atoms with van der Waals surface area (Å²) < 4.78 is 5.98. The number of halogens is 1. The lowest BCUT2D eigenvalue weighted by Gasteiger charge is -2.07. The summed E-state index contributed by atoms with van der Waals surface area (Å²) in [5, 5.41) is 0. The van der Waals surface area contributed by atoms with Crippen LogP contribution in [0.2, 0.25) is 0 Å². The lowest BCUT2D eigenvalue weighted by atomic mass is 10.1. The van der Waals surface area contributed by atoms with Gasteiger partial charge in [-0.05, 0) is 41.6 Å². The molecule has 70 valence electrons. The number of ketones is 1. The molecule has 2 N–H and O–H groups in total. The number of hydrogen-bond acceptors (Lipinski definition) is 3. The Kier molecular flexibility index (Phi) is 3.13. The molecule has 1 aromatic rings. The van der Waals surface area contributed by atoms with E-state index in [0.29, 0.717) is 17.0 Å². The van der Waals surface area contributed by atoms with Crippen molar-refractivity contribution in [2.45, 2.75) is 6.92 Å². The Morgan fingerprint density at radius 1 is 1.54 bits per heavy atom. The van der Waals surface area contributed by atoms with Gasteiger partial charge < -0.3 is 10.5 Å². The van der Waals surface area contributed by atoms with E-state index in [2.05, 4.69) is 22.6 Å². The molecular formula is C9H10INO2. The predicted octanol–water partition coefficient (Wildman–Crippen LogP) is 2.08. The van der Waals surface area contributed by atoms with E-state index in [9.17, 15) is 4.79 Å². The number of carbonyl (C=O) groups excluding carboxylic acids is 1. The van der Waals surface area contributed by atoms with Crippen molar-refractivity contribution >= 4 is 34.1 Å². The quantitative estimate of drug-likeness (QED) is 0.515. The molecule has 0 saturated heterocycles. The summed E-state index contributed by atoms with van der Waals surface area (Å²) in [4.78, 5) is 11.1. The number of methoxy groups -OCH3 is 1. The minimum atomic E-state index is -0.0489. The third-order valence-electron chi connectivity index (χ3n) is 1.70. The fourth-order valence-corrected chi connectivity index (χ4v) is 1.74. The van der Waals surface area contributed by atoms with Crippen LogP contribution in [0.15, 0.2) is 12.1 Å². The first-order chi connectivity index (χ1) is 6.06. The summed E-state index contributed by atoms with van der Waals surface area (Å²) >= 11 is 2.11. The fraction of sp³-hybridized carbons (Fsp3) is 0.222. The van der Waals surface area contributed by atoms with Crippen molar-refractivity contribution in [1.82, 2.24) is 0 Å². The molecule has 13 heavy (non-hydrogen) atoms. The van der Waals surface area contributed by atoms with E-state index in [1.807, 2.05) is 0 Å². The van der Waals surface area contributed by atoms with E-state index in [1.54, 1.807) is 19.2 Å². The summed E-state index contributed by atoms with van der Waals surface area (Å²) in [5.41, 5.74) is 6.67. The van der Waals surface area contributed by atoms with Crippen LogP contribution in [0.1, 0.15) is 17.3 Å². The highest BCUT2D eigenvalue weighted by Gasteiger charge is 2.09. The van der Waals surface area contributed by atoms with Crippen molar-refractivity contribution in [2.24, 2.45) is 0 Å². The lowest BCUT2D eigenvalue weighted by Crippen LogP contribution is -2.01. The van der Waals surface area contributed by atoms with Gasteiger partial charge in [0, 0.05) is 11.3 Å². The zero-order valence-electron chi connectivity index (χ0n) is 7.43. The molecule has 0 aliphatic heterocycles. The molecule has 0 atom stereocenters. The number of nitrogen functional groups attached to an aromatic ring is 1. The first-order valence-electron chi connectivity index (χ1n) is 3.70. The number of ether oxygens (including phenoxy) is 1. The molecule has 3 nitrogen and oxygen atoms in total. The average Bonchev–Trinajstić information content (AvgIpc) is 2.03. The molecule has 0 radical (unpaired) electrons. The Morgan fingerprint density at radius 3 is 2.62 bits per heavy atom. The zero-order chi connectivity index (χ0) is 10.0. The molecule has 0 aliphatic carbocycles. The third-order valence-corrected chi connectivity index (χ3v) is 2.55. The van der Waals surface area contributed by atoms with E-state index in [-0.39, 0.29) is 5.78 Å². The number of hydrogen-bond donors (Lipinski definition) is 1. The molecule has 1 rings (SSSR count). The zero-order valence-corrected chi connectivity index (χ0v) is 9.58. The number of rotatable bonds is 2. The maximum Gasteiger partial charge on any atom is 0.162 e. The summed E-state index contributed by atoms with van der Waals surface area (Å²) in [6, 6.07) is 3.40. The summed E-state index contributed by atoms with van der Waals surface area (Å²) in [7, 11) is 1.57. The van der Waals surface area contributed by atoms with Crippen LogP contribution in [0.25, 0.3) is 0 Å². The van der Waals surface area contributed by atoms with Crippen LogP contribution in [0, 0.1) is 3.57 Å². The molecule has 0 bridgehead atoms. The van der Waals surface area contributed by atoms with Crippen LogP contribution in [0.3, 0.4) is 0 Å². The highest BCUT2D eigenvalue weighted by atomic mass is 127. The van der Waals surface area contributed by atoms with Crippen LogP contribution in [0.5, 0.6) is 5.75 Å². The van der Waals surface area contributed by atoms with Crippen molar-refractivity contribution < 1.29 is 9.53 Å². The monoisotopic (exact) mass is 291 g/mol. The van der Waals surface area contributed by atoms with E-state index in [1.165, 1.54) is 6.92 Å². The van der Waals surface area contributed by atoms with Crippen molar-refractivity contribution in [3.05, 3.63) is 21.3 Å². The minimum absolute atomic E-state index is 0.0489. The van der Waals surface area contributed by atoms with Gasteiger partial charge in [-0.15, -0.1) is 0 Å². The van der Waals surface area contributed by atoms with Crippen molar-refractivity contribution in [2.75, 3.05) is 12.8 Å². The van der Waals surface area contributed by atoms with Gasteiger partial charge in [0.25, 0.3) is 0 Å². The van der Waals surface area contributed by atoms with E-state index >= 15 is 0 Å². The molecule has 0 aromatic heterocycles. The van der Waals surface area contributed by atoms with Crippen molar-refractivity contribution in [3.8, 4) is 5.75 Å². The van der Waals surface area contributed by atoms with Crippen molar-refractivity contribution in [1.29, 1.82) is 0 Å². The highest BCUT2D eigenvalue weighted by molar-refractivity contribution is 14.1. The largest absolute Gasteiger partial charge is 0.496 e.